The number of carbonyl (C=O) groups is 1. The van der Waals surface area contributed by atoms with Crippen LogP contribution in [0.1, 0.15) is 35.9 Å². The van der Waals surface area contributed by atoms with Gasteiger partial charge in [0.25, 0.3) is 0 Å². The number of aliphatic hydroxyl groups is 1. The molecular weight excluding hydrogens is 420 g/mol. The van der Waals surface area contributed by atoms with Crippen molar-refractivity contribution in [1.82, 2.24) is 25.1 Å². The molecule has 10 heteroatoms. The van der Waals surface area contributed by atoms with Gasteiger partial charge in [0, 0.05) is 45.5 Å². The number of hydrogen-bond donors (Lipinski definition) is 4. The molecule has 3 aliphatic rings. The Labute approximate surface area is 193 Å². The van der Waals surface area contributed by atoms with E-state index in [0.29, 0.717) is 23.9 Å². The number of likely N-dealkylation sites (N-methyl/N-ethyl adjacent to an activating group) is 1. The molecule has 10 nitrogen and oxygen atoms in total. The van der Waals surface area contributed by atoms with Crippen molar-refractivity contribution >= 4 is 23.4 Å². The summed E-state index contributed by atoms with van der Waals surface area (Å²) in [6.45, 7) is 4.93. The summed E-state index contributed by atoms with van der Waals surface area (Å²) in [5.74, 6) is 1.17. The van der Waals surface area contributed by atoms with Gasteiger partial charge in [-0.05, 0) is 49.1 Å². The average molecular weight is 453 g/mol. The molecule has 1 unspecified atom stereocenters. The SMILES string of the molecule is CN1CCN([C@@H]2CCCN(c3cnc(C(N)O)c(Nc4ccc5c(c4)CCNC5)n3)C2)C1=O. The van der Waals surface area contributed by atoms with Crippen molar-refractivity contribution in [2.45, 2.75) is 38.1 Å². The summed E-state index contributed by atoms with van der Waals surface area (Å²) in [4.78, 5) is 27.6. The lowest BCUT2D eigenvalue weighted by Gasteiger charge is -2.38. The third kappa shape index (κ3) is 4.46. The van der Waals surface area contributed by atoms with Crippen molar-refractivity contribution in [2.24, 2.45) is 5.73 Å². The molecule has 3 aliphatic heterocycles. The van der Waals surface area contributed by atoms with E-state index in [9.17, 15) is 9.90 Å². The van der Waals surface area contributed by atoms with Gasteiger partial charge in [-0.3, -0.25) is 0 Å². The van der Waals surface area contributed by atoms with Gasteiger partial charge in [-0.25, -0.2) is 14.8 Å². The van der Waals surface area contributed by atoms with E-state index in [1.807, 2.05) is 18.0 Å². The van der Waals surface area contributed by atoms with E-state index in [1.54, 1.807) is 11.1 Å². The third-order valence-electron chi connectivity index (χ3n) is 6.83. The number of hydrogen-bond acceptors (Lipinski definition) is 8. The molecule has 0 radical (unpaired) electrons. The molecule has 176 valence electrons. The molecule has 2 aromatic rings. The van der Waals surface area contributed by atoms with E-state index >= 15 is 0 Å². The first-order valence-electron chi connectivity index (χ1n) is 11.7. The molecule has 33 heavy (non-hydrogen) atoms. The Bertz CT molecular complexity index is 1030. The fraction of sp³-hybridized carbons (Fsp3) is 0.522. The quantitative estimate of drug-likeness (QED) is 0.499. The smallest absolute Gasteiger partial charge is 0.320 e. The molecule has 4 heterocycles. The van der Waals surface area contributed by atoms with Crippen LogP contribution >= 0.6 is 0 Å². The van der Waals surface area contributed by atoms with Crippen molar-refractivity contribution in [3.63, 3.8) is 0 Å². The van der Waals surface area contributed by atoms with E-state index in [4.69, 9.17) is 10.7 Å². The van der Waals surface area contributed by atoms with E-state index in [-0.39, 0.29) is 12.1 Å². The summed E-state index contributed by atoms with van der Waals surface area (Å²) in [6.07, 6.45) is 3.36. The lowest BCUT2D eigenvalue weighted by molar-refractivity contribution is 0.175. The number of piperidine rings is 1. The number of nitrogens with zero attached hydrogens (tertiary/aromatic N) is 5. The molecule has 2 saturated heterocycles. The van der Waals surface area contributed by atoms with Gasteiger partial charge in [0.15, 0.2) is 5.82 Å². The summed E-state index contributed by atoms with van der Waals surface area (Å²) in [5.41, 5.74) is 9.59. The first-order valence-corrected chi connectivity index (χ1v) is 11.7. The molecule has 2 amide bonds. The second-order valence-corrected chi connectivity index (χ2v) is 9.08. The number of carbonyl (C=O) groups excluding carboxylic acids is 1. The fourth-order valence-corrected chi connectivity index (χ4v) is 4.97. The number of anilines is 3. The van der Waals surface area contributed by atoms with Gasteiger partial charge >= 0.3 is 6.03 Å². The first-order chi connectivity index (χ1) is 16.0. The molecule has 1 aromatic carbocycles. The highest BCUT2D eigenvalue weighted by atomic mass is 16.3. The van der Waals surface area contributed by atoms with Gasteiger partial charge in [0.05, 0.1) is 12.2 Å². The normalized spacial score (nSPS) is 21.8. The Morgan fingerprint density at radius 3 is 2.94 bits per heavy atom. The predicted molar refractivity (Wildman–Crippen MR) is 126 cm³/mol. The summed E-state index contributed by atoms with van der Waals surface area (Å²) in [5, 5.41) is 16.8. The molecule has 5 N–H and O–H groups in total. The second-order valence-electron chi connectivity index (χ2n) is 9.08. The van der Waals surface area contributed by atoms with Gasteiger partial charge in [-0.15, -0.1) is 0 Å². The van der Waals surface area contributed by atoms with Crippen molar-refractivity contribution < 1.29 is 9.90 Å². The summed E-state index contributed by atoms with van der Waals surface area (Å²) in [6, 6.07) is 6.50. The minimum atomic E-state index is -1.23. The standard InChI is InChI=1S/C23H32N8O2/c1-29-9-10-31(23(29)33)18-3-2-8-30(14-18)19-13-26-20(21(24)32)22(28-19)27-17-5-4-16-12-25-7-6-15(16)11-17/h4-5,11,13,18,21,25,32H,2-3,6-10,12,14,24H2,1H3,(H,27,28)/t18-,21?/m1/s1. The van der Waals surface area contributed by atoms with Crippen LogP contribution < -0.4 is 21.3 Å². The number of aromatic nitrogens is 2. The average Bonchev–Trinajstić information content (AvgIpc) is 3.17. The Morgan fingerprint density at radius 2 is 2.15 bits per heavy atom. The maximum absolute atomic E-state index is 12.5. The van der Waals surface area contributed by atoms with Crippen LogP contribution in [0.4, 0.5) is 22.1 Å². The van der Waals surface area contributed by atoms with Crippen molar-refractivity contribution in [3.05, 3.63) is 41.2 Å². The van der Waals surface area contributed by atoms with Crippen LogP contribution in [0.15, 0.2) is 24.4 Å². The molecular formula is C23H32N8O2. The summed E-state index contributed by atoms with van der Waals surface area (Å²) >= 11 is 0. The molecule has 2 fully saturated rings. The number of benzene rings is 1. The lowest BCUT2D eigenvalue weighted by Crippen LogP contribution is -2.49. The number of amides is 2. The van der Waals surface area contributed by atoms with Gasteiger partial charge in [0.1, 0.15) is 17.7 Å². The number of nitrogens with one attached hydrogen (secondary N) is 2. The van der Waals surface area contributed by atoms with Gasteiger partial charge in [-0.1, -0.05) is 6.07 Å². The molecule has 2 atom stereocenters. The zero-order valence-electron chi connectivity index (χ0n) is 19.0. The summed E-state index contributed by atoms with van der Waals surface area (Å²) in [7, 11) is 1.85. The van der Waals surface area contributed by atoms with Crippen LogP contribution in [0.25, 0.3) is 0 Å². The number of aliphatic hydroxyl groups excluding tert-OH is 1. The van der Waals surface area contributed by atoms with Crippen LogP contribution in [-0.2, 0) is 13.0 Å². The van der Waals surface area contributed by atoms with E-state index in [2.05, 4.69) is 32.7 Å². The van der Waals surface area contributed by atoms with Crippen molar-refractivity contribution in [3.8, 4) is 0 Å². The zero-order valence-corrected chi connectivity index (χ0v) is 19.0. The minimum Gasteiger partial charge on any atom is -0.373 e. The Balaban J connectivity index is 1.38. The van der Waals surface area contributed by atoms with Gasteiger partial charge < -0.3 is 36.2 Å². The van der Waals surface area contributed by atoms with Crippen molar-refractivity contribution in [1.29, 1.82) is 0 Å². The number of urea groups is 1. The lowest BCUT2D eigenvalue weighted by atomic mass is 10.0. The zero-order chi connectivity index (χ0) is 22.9. The van der Waals surface area contributed by atoms with Crippen LogP contribution in [0.5, 0.6) is 0 Å². The van der Waals surface area contributed by atoms with Gasteiger partial charge in [0.2, 0.25) is 0 Å². The largest absolute Gasteiger partial charge is 0.373 e. The highest BCUT2D eigenvalue weighted by Gasteiger charge is 2.34. The topological polar surface area (TPSA) is 123 Å². The van der Waals surface area contributed by atoms with Gasteiger partial charge in [-0.2, -0.15) is 0 Å². The maximum Gasteiger partial charge on any atom is 0.320 e. The van der Waals surface area contributed by atoms with Crippen LogP contribution in [0.2, 0.25) is 0 Å². The first kappa shape index (κ1) is 21.9. The molecule has 0 bridgehead atoms. The Morgan fingerprint density at radius 1 is 1.27 bits per heavy atom. The highest BCUT2D eigenvalue weighted by molar-refractivity contribution is 5.76. The van der Waals surface area contributed by atoms with Crippen LogP contribution in [0.3, 0.4) is 0 Å². The molecule has 0 spiro atoms. The fourth-order valence-electron chi connectivity index (χ4n) is 4.97. The third-order valence-corrected chi connectivity index (χ3v) is 6.83. The number of nitrogens with two attached hydrogens (primary N) is 1. The predicted octanol–water partition coefficient (Wildman–Crippen LogP) is 1.15. The molecule has 1 aromatic heterocycles. The second kappa shape index (κ2) is 9.12. The van der Waals surface area contributed by atoms with E-state index in [1.165, 1.54) is 11.1 Å². The highest BCUT2D eigenvalue weighted by Crippen LogP contribution is 2.28. The Hall–Kier alpha value is -2.95. The Kier molecular flexibility index (Phi) is 6.05. The van der Waals surface area contributed by atoms with E-state index in [0.717, 1.165) is 57.7 Å². The van der Waals surface area contributed by atoms with Crippen LogP contribution in [0, 0.1) is 0 Å². The molecule has 5 rings (SSSR count). The number of fused-ring (bicyclic) bond motifs is 1. The maximum atomic E-state index is 12.5. The monoisotopic (exact) mass is 452 g/mol. The van der Waals surface area contributed by atoms with Crippen LogP contribution in [-0.4, -0.2) is 76.7 Å². The number of rotatable bonds is 5. The molecule has 0 aliphatic carbocycles. The van der Waals surface area contributed by atoms with E-state index < -0.39 is 6.23 Å². The van der Waals surface area contributed by atoms with Crippen molar-refractivity contribution in [2.75, 3.05) is 50.0 Å². The summed E-state index contributed by atoms with van der Waals surface area (Å²) < 4.78 is 0. The molecule has 0 saturated carbocycles. The minimum absolute atomic E-state index is 0.0968.